The lowest BCUT2D eigenvalue weighted by atomic mass is 10.1. The molecular formula is C13H16N2O5. The van der Waals surface area contributed by atoms with Crippen LogP contribution in [0.1, 0.15) is 23.2 Å². The third kappa shape index (κ3) is 2.57. The highest BCUT2D eigenvalue weighted by Gasteiger charge is 2.27. The molecular weight excluding hydrogens is 264 g/mol. The number of esters is 1. The molecule has 2 rings (SSSR count). The van der Waals surface area contributed by atoms with E-state index >= 15 is 0 Å². The van der Waals surface area contributed by atoms with Crippen LogP contribution in [-0.2, 0) is 4.74 Å². The molecule has 108 valence electrons. The first-order valence-corrected chi connectivity index (χ1v) is 6.32. The zero-order valence-corrected chi connectivity index (χ0v) is 11.1. The minimum Gasteiger partial charge on any atom is -0.465 e. The Morgan fingerprint density at radius 2 is 2.35 bits per heavy atom. The second-order valence-electron chi connectivity index (χ2n) is 4.62. The van der Waals surface area contributed by atoms with E-state index in [9.17, 15) is 20.0 Å². The second-order valence-corrected chi connectivity index (χ2v) is 4.62. The summed E-state index contributed by atoms with van der Waals surface area (Å²) in [5, 5.41) is 20.4. The van der Waals surface area contributed by atoms with Gasteiger partial charge in [-0.25, -0.2) is 4.79 Å². The van der Waals surface area contributed by atoms with Gasteiger partial charge >= 0.3 is 5.97 Å². The van der Waals surface area contributed by atoms with E-state index in [-0.39, 0.29) is 23.9 Å². The summed E-state index contributed by atoms with van der Waals surface area (Å²) in [5.41, 5.74) is 0.292. The number of nitrogens with zero attached hydrogens (tertiary/aromatic N) is 2. The normalized spacial score (nSPS) is 18.1. The molecule has 7 nitrogen and oxygen atoms in total. The average molecular weight is 280 g/mol. The highest BCUT2D eigenvalue weighted by molar-refractivity contribution is 5.94. The molecule has 1 fully saturated rings. The van der Waals surface area contributed by atoms with Crippen molar-refractivity contribution in [1.29, 1.82) is 0 Å². The second kappa shape index (κ2) is 5.87. The minimum atomic E-state index is -0.733. The van der Waals surface area contributed by atoms with E-state index < -0.39 is 10.9 Å². The van der Waals surface area contributed by atoms with E-state index in [1.165, 1.54) is 19.2 Å². The van der Waals surface area contributed by atoms with Crippen LogP contribution in [0.15, 0.2) is 18.2 Å². The molecule has 0 aromatic heterocycles. The zero-order valence-electron chi connectivity index (χ0n) is 11.1. The highest BCUT2D eigenvalue weighted by Crippen LogP contribution is 2.30. The number of benzene rings is 1. The summed E-state index contributed by atoms with van der Waals surface area (Å²) < 4.78 is 4.54. The van der Waals surface area contributed by atoms with Crippen molar-refractivity contribution in [2.24, 2.45) is 0 Å². The van der Waals surface area contributed by atoms with Crippen molar-refractivity contribution >= 4 is 17.3 Å². The van der Waals surface area contributed by atoms with Gasteiger partial charge in [0.2, 0.25) is 0 Å². The van der Waals surface area contributed by atoms with Crippen molar-refractivity contribution in [3.8, 4) is 0 Å². The van der Waals surface area contributed by atoms with Crippen molar-refractivity contribution in [3.63, 3.8) is 0 Å². The van der Waals surface area contributed by atoms with E-state index in [1.807, 2.05) is 4.90 Å². The molecule has 1 heterocycles. The number of hydrogen-bond donors (Lipinski definition) is 1. The van der Waals surface area contributed by atoms with Crippen LogP contribution in [0, 0.1) is 10.1 Å². The number of methoxy groups -OCH3 is 1. The van der Waals surface area contributed by atoms with E-state index in [2.05, 4.69) is 4.74 Å². The number of rotatable bonds is 4. The van der Waals surface area contributed by atoms with E-state index in [4.69, 9.17) is 0 Å². The van der Waals surface area contributed by atoms with Gasteiger partial charge in [0.15, 0.2) is 0 Å². The van der Waals surface area contributed by atoms with Crippen LogP contribution in [0.2, 0.25) is 0 Å². The fourth-order valence-electron chi connectivity index (χ4n) is 2.50. The maximum atomic E-state index is 11.5. The molecule has 0 spiro atoms. The van der Waals surface area contributed by atoms with Gasteiger partial charge in [-0.2, -0.15) is 0 Å². The predicted molar refractivity (Wildman–Crippen MR) is 71.9 cm³/mol. The van der Waals surface area contributed by atoms with Crippen LogP contribution in [0.3, 0.4) is 0 Å². The Kier molecular flexibility index (Phi) is 4.19. The molecule has 0 saturated carbocycles. The zero-order chi connectivity index (χ0) is 14.7. The smallest absolute Gasteiger partial charge is 0.344 e. The number of aliphatic hydroxyl groups excluding tert-OH is 1. The number of carbonyl (C=O) groups excluding carboxylic acids is 1. The van der Waals surface area contributed by atoms with Crippen LogP contribution in [0.5, 0.6) is 0 Å². The standard InChI is InChI=1S/C13H16N2O5/c1-20-13(17)11-5-4-9(7-12(11)15(18)19)14-6-2-3-10(14)8-16/h4-5,7,10,16H,2-3,6,8H2,1H3. The third-order valence-corrected chi connectivity index (χ3v) is 3.50. The van der Waals surface area contributed by atoms with Crippen molar-refractivity contribution in [1.82, 2.24) is 0 Å². The summed E-state index contributed by atoms with van der Waals surface area (Å²) in [7, 11) is 1.18. The number of hydrogen-bond acceptors (Lipinski definition) is 6. The first kappa shape index (κ1) is 14.3. The maximum absolute atomic E-state index is 11.5. The summed E-state index contributed by atoms with van der Waals surface area (Å²) in [6, 6.07) is 4.37. The molecule has 1 aliphatic rings. The summed E-state index contributed by atoms with van der Waals surface area (Å²) >= 11 is 0. The Balaban J connectivity index is 2.40. The Bertz CT molecular complexity index is 531. The molecule has 1 N–H and O–H groups in total. The fourth-order valence-corrected chi connectivity index (χ4v) is 2.50. The van der Waals surface area contributed by atoms with Crippen molar-refractivity contribution < 1.29 is 19.6 Å². The van der Waals surface area contributed by atoms with Crippen molar-refractivity contribution in [3.05, 3.63) is 33.9 Å². The number of ether oxygens (including phenoxy) is 1. The van der Waals surface area contributed by atoms with E-state index in [0.29, 0.717) is 5.69 Å². The first-order chi connectivity index (χ1) is 9.58. The van der Waals surface area contributed by atoms with E-state index in [1.54, 1.807) is 6.07 Å². The summed E-state index contributed by atoms with van der Waals surface area (Å²) in [6.07, 6.45) is 1.78. The highest BCUT2D eigenvalue weighted by atomic mass is 16.6. The largest absolute Gasteiger partial charge is 0.465 e. The van der Waals surface area contributed by atoms with Crippen LogP contribution in [-0.4, -0.2) is 42.3 Å². The Morgan fingerprint density at radius 1 is 1.60 bits per heavy atom. The third-order valence-electron chi connectivity index (χ3n) is 3.50. The first-order valence-electron chi connectivity index (χ1n) is 6.32. The lowest BCUT2D eigenvalue weighted by Gasteiger charge is -2.25. The van der Waals surface area contributed by atoms with Crippen LogP contribution in [0.4, 0.5) is 11.4 Å². The molecule has 1 atom stereocenters. The molecule has 1 aromatic rings. The monoisotopic (exact) mass is 280 g/mol. The maximum Gasteiger partial charge on any atom is 0.344 e. The number of anilines is 1. The molecule has 1 unspecified atom stereocenters. The van der Waals surface area contributed by atoms with Crippen LogP contribution < -0.4 is 4.90 Å². The molecule has 0 radical (unpaired) electrons. The number of nitro groups is 1. The number of carbonyl (C=O) groups is 1. The molecule has 0 amide bonds. The molecule has 7 heteroatoms. The topological polar surface area (TPSA) is 92.9 Å². The summed E-state index contributed by atoms with van der Waals surface area (Å²) in [6.45, 7) is 0.743. The number of nitro benzene ring substituents is 1. The Morgan fingerprint density at radius 3 is 2.95 bits per heavy atom. The van der Waals surface area contributed by atoms with E-state index in [0.717, 1.165) is 19.4 Å². The quantitative estimate of drug-likeness (QED) is 0.508. The molecule has 1 aromatic carbocycles. The SMILES string of the molecule is COC(=O)c1ccc(N2CCCC2CO)cc1[N+](=O)[O-]. The molecule has 0 aliphatic carbocycles. The van der Waals surface area contributed by atoms with Gasteiger partial charge in [0.25, 0.3) is 5.69 Å². The molecule has 1 saturated heterocycles. The minimum absolute atomic E-state index is 0.00650. The van der Waals surface area contributed by atoms with Crippen LogP contribution >= 0.6 is 0 Å². The van der Waals surface area contributed by atoms with Gasteiger partial charge in [0.05, 0.1) is 24.7 Å². The summed E-state index contributed by atoms with van der Waals surface area (Å²) in [5.74, 6) is -0.733. The molecule has 1 aliphatic heterocycles. The van der Waals surface area contributed by atoms with Gasteiger partial charge in [0, 0.05) is 18.3 Å². The Hall–Kier alpha value is -2.15. The average Bonchev–Trinajstić information content (AvgIpc) is 2.94. The number of aliphatic hydroxyl groups is 1. The fraction of sp³-hybridized carbons (Fsp3) is 0.462. The Labute approximate surface area is 115 Å². The predicted octanol–water partition coefficient (Wildman–Crippen LogP) is 1.34. The van der Waals surface area contributed by atoms with Gasteiger partial charge in [-0.3, -0.25) is 10.1 Å². The molecule has 20 heavy (non-hydrogen) atoms. The van der Waals surface area contributed by atoms with Gasteiger partial charge in [-0.05, 0) is 25.0 Å². The molecule has 0 bridgehead atoms. The van der Waals surface area contributed by atoms with Gasteiger partial charge in [0.1, 0.15) is 5.56 Å². The van der Waals surface area contributed by atoms with Crippen LogP contribution in [0.25, 0.3) is 0 Å². The summed E-state index contributed by atoms with van der Waals surface area (Å²) in [4.78, 5) is 23.9. The van der Waals surface area contributed by atoms with Crippen molar-refractivity contribution in [2.45, 2.75) is 18.9 Å². The van der Waals surface area contributed by atoms with Gasteiger partial charge < -0.3 is 14.7 Å². The van der Waals surface area contributed by atoms with Gasteiger partial charge in [-0.15, -0.1) is 0 Å². The lowest BCUT2D eigenvalue weighted by Crippen LogP contribution is -2.32. The lowest BCUT2D eigenvalue weighted by molar-refractivity contribution is -0.385. The van der Waals surface area contributed by atoms with Crippen molar-refractivity contribution in [2.75, 3.05) is 25.2 Å². The van der Waals surface area contributed by atoms with Gasteiger partial charge in [-0.1, -0.05) is 0 Å².